The lowest BCUT2D eigenvalue weighted by Gasteiger charge is -2.16. The molecule has 5 heteroatoms. The summed E-state index contributed by atoms with van der Waals surface area (Å²) >= 11 is 5.83. The summed E-state index contributed by atoms with van der Waals surface area (Å²) in [5, 5.41) is 0.204. The molecule has 1 aromatic rings. The van der Waals surface area contributed by atoms with E-state index in [1.165, 1.54) is 0 Å². The number of nitrogens with zero attached hydrogens (tertiary/aromatic N) is 2. The highest BCUT2D eigenvalue weighted by molar-refractivity contribution is 6.28. The van der Waals surface area contributed by atoms with Gasteiger partial charge in [-0.25, -0.2) is 4.98 Å². The molecule has 0 bridgehead atoms. The number of halogens is 1. The minimum Gasteiger partial charge on any atom is -0.478 e. The first kappa shape index (κ1) is 10.6. The summed E-state index contributed by atoms with van der Waals surface area (Å²) in [5.41, 5.74) is 1.32. The summed E-state index contributed by atoms with van der Waals surface area (Å²) in [6, 6.07) is 0. The van der Waals surface area contributed by atoms with Crippen LogP contribution in [0, 0.1) is 0 Å². The zero-order valence-corrected chi connectivity index (χ0v) is 9.76. The molecule has 0 amide bonds. The van der Waals surface area contributed by atoms with E-state index in [0.29, 0.717) is 19.1 Å². The molecule has 82 valence electrons. The van der Waals surface area contributed by atoms with Crippen molar-refractivity contribution in [1.82, 2.24) is 9.97 Å². The Hall–Kier alpha value is -0.870. The van der Waals surface area contributed by atoms with E-state index in [-0.39, 0.29) is 5.28 Å². The number of ether oxygens (including phenoxy) is 2. The maximum Gasteiger partial charge on any atom is 0.226 e. The van der Waals surface area contributed by atoms with E-state index < -0.39 is 5.60 Å². The van der Waals surface area contributed by atoms with Gasteiger partial charge < -0.3 is 9.47 Å². The lowest BCUT2D eigenvalue weighted by atomic mass is 10.0. The number of rotatable bonds is 2. The first-order valence-corrected chi connectivity index (χ1v) is 5.26. The summed E-state index contributed by atoms with van der Waals surface area (Å²) < 4.78 is 11.0. The lowest BCUT2D eigenvalue weighted by Crippen LogP contribution is -2.17. The molecular weight excluding hydrogens is 216 g/mol. The molecule has 0 spiro atoms. The minimum absolute atomic E-state index is 0.204. The molecule has 1 aliphatic heterocycles. The van der Waals surface area contributed by atoms with Crippen LogP contribution in [-0.2, 0) is 16.9 Å². The predicted molar refractivity (Wildman–Crippen MR) is 56.0 cm³/mol. The van der Waals surface area contributed by atoms with Crippen LogP contribution in [0.5, 0.6) is 5.88 Å². The standard InChI is InChI=1S/C10H13ClN2O2/c1-4-14-8-6-5-15-10(2,3)7(6)12-9(11)13-8/h4-5H2,1-3H3. The molecule has 0 aromatic carbocycles. The Kier molecular flexibility index (Phi) is 2.56. The Morgan fingerprint density at radius 2 is 2.20 bits per heavy atom. The summed E-state index contributed by atoms with van der Waals surface area (Å²) in [7, 11) is 0. The highest BCUT2D eigenvalue weighted by Crippen LogP contribution is 2.38. The first-order chi connectivity index (χ1) is 7.04. The molecule has 2 heterocycles. The van der Waals surface area contributed by atoms with Gasteiger partial charge in [-0.05, 0) is 32.4 Å². The van der Waals surface area contributed by atoms with Crippen molar-refractivity contribution in [2.45, 2.75) is 33.0 Å². The van der Waals surface area contributed by atoms with Crippen LogP contribution in [0.3, 0.4) is 0 Å². The fourth-order valence-electron chi connectivity index (χ4n) is 1.64. The van der Waals surface area contributed by atoms with Crippen LogP contribution in [0.4, 0.5) is 0 Å². The SMILES string of the molecule is CCOc1nc(Cl)nc2c1COC2(C)C. The zero-order valence-electron chi connectivity index (χ0n) is 9.00. The molecule has 0 saturated heterocycles. The van der Waals surface area contributed by atoms with Crippen LogP contribution in [0.15, 0.2) is 0 Å². The van der Waals surface area contributed by atoms with Crippen molar-refractivity contribution >= 4 is 11.6 Å². The Bertz CT molecular complexity index is 393. The molecule has 0 fully saturated rings. The zero-order chi connectivity index (χ0) is 11.1. The van der Waals surface area contributed by atoms with Crippen molar-refractivity contribution in [2.75, 3.05) is 6.61 Å². The second kappa shape index (κ2) is 3.61. The van der Waals surface area contributed by atoms with E-state index in [4.69, 9.17) is 21.1 Å². The Labute approximate surface area is 93.6 Å². The molecule has 0 radical (unpaired) electrons. The molecule has 0 atom stereocenters. The number of hydrogen-bond donors (Lipinski definition) is 0. The van der Waals surface area contributed by atoms with Gasteiger partial charge in [0.25, 0.3) is 0 Å². The Balaban J connectivity index is 2.52. The van der Waals surface area contributed by atoms with E-state index in [0.717, 1.165) is 11.3 Å². The van der Waals surface area contributed by atoms with Crippen molar-refractivity contribution in [1.29, 1.82) is 0 Å². The fourth-order valence-corrected chi connectivity index (χ4v) is 1.80. The third-order valence-corrected chi connectivity index (χ3v) is 2.54. The van der Waals surface area contributed by atoms with Crippen molar-refractivity contribution < 1.29 is 9.47 Å². The summed E-state index contributed by atoms with van der Waals surface area (Å²) in [6.45, 7) is 6.86. The van der Waals surface area contributed by atoms with Gasteiger partial charge in [-0.1, -0.05) is 0 Å². The van der Waals surface area contributed by atoms with Crippen LogP contribution in [0.1, 0.15) is 32.0 Å². The highest BCUT2D eigenvalue weighted by atomic mass is 35.5. The van der Waals surface area contributed by atoms with Crippen molar-refractivity contribution in [2.24, 2.45) is 0 Å². The summed E-state index contributed by atoms with van der Waals surface area (Å²) in [5.74, 6) is 0.540. The number of fused-ring (bicyclic) bond motifs is 1. The molecular formula is C10H13ClN2O2. The van der Waals surface area contributed by atoms with Crippen LogP contribution >= 0.6 is 11.6 Å². The molecule has 0 aliphatic carbocycles. The monoisotopic (exact) mass is 228 g/mol. The van der Waals surface area contributed by atoms with Gasteiger partial charge in [0.15, 0.2) is 0 Å². The van der Waals surface area contributed by atoms with Crippen LogP contribution in [0.2, 0.25) is 5.28 Å². The lowest BCUT2D eigenvalue weighted by molar-refractivity contribution is -0.0103. The Morgan fingerprint density at radius 1 is 1.47 bits per heavy atom. The second-order valence-corrected chi connectivity index (χ2v) is 4.20. The van der Waals surface area contributed by atoms with E-state index >= 15 is 0 Å². The minimum atomic E-state index is -0.409. The fraction of sp³-hybridized carbons (Fsp3) is 0.600. The third kappa shape index (κ3) is 1.79. The second-order valence-electron chi connectivity index (χ2n) is 3.86. The van der Waals surface area contributed by atoms with Gasteiger partial charge >= 0.3 is 0 Å². The molecule has 0 N–H and O–H groups in total. The molecule has 2 rings (SSSR count). The van der Waals surface area contributed by atoms with E-state index in [1.54, 1.807) is 0 Å². The smallest absolute Gasteiger partial charge is 0.226 e. The summed E-state index contributed by atoms with van der Waals surface area (Å²) in [4.78, 5) is 8.25. The maximum absolute atomic E-state index is 5.83. The topological polar surface area (TPSA) is 44.2 Å². The van der Waals surface area contributed by atoms with E-state index in [2.05, 4.69) is 9.97 Å². The van der Waals surface area contributed by atoms with Crippen LogP contribution in [0.25, 0.3) is 0 Å². The molecule has 4 nitrogen and oxygen atoms in total. The quantitative estimate of drug-likeness (QED) is 0.729. The van der Waals surface area contributed by atoms with Gasteiger partial charge in [0.2, 0.25) is 11.2 Å². The van der Waals surface area contributed by atoms with Crippen molar-refractivity contribution in [3.05, 3.63) is 16.5 Å². The van der Waals surface area contributed by atoms with Crippen LogP contribution < -0.4 is 4.74 Å². The Morgan fingerprint density at radius 3 is 2.87 bits per heavy atom. The first-order valence-electron chi connectivity index (χ1n) is 4.88. The van der Waals surface area contributed by atoms with Gasteiger partial charge in [0, 0.05) is 0 Å². The normalized spacial score (nSPS) is 17.6. The molecule has 1 aliphatic rings. The predicted octanol–water partition coefficient (Wildman–Crippen LogP) is 2.29. The van der Waals surface area contributed by atoms with Crippen molar-refractivity contribution in [3.8, 4) is 5.88 Å². The van der Waals surface area contributed by atoms with E-state index in [9.17, 15) is 0 Å². The highest BCUT2D eigenvalue weighted by Gasteiger charge is 2.36. The summed E-state index contributed by atoms with van der Waals surface area (Å²) in [6.07, 6.45) is 0. The van der Waals surface area contributed by atoms with Gasteiger partial charge in [-0.2, -0.15) is 4.98 Å². The third-order valence-electron chi connectivity index (χ3n) is 2.37. The van der Waals surface area contributed by atoms with Gasteiger partial charge in [-0.15, -0.1) is 0 Å². The van der Waals surface area contributed by atoms with Gasteiger partial charge in [-0.3, -0.25) is 0 Å². The molecule has 1 aromatic heterocycles. The molecule has 15 heavy (non-hydrogen) atoms. The van der Waals surface area contributed by atoms with Gasteiger partial charge in [0.1, 0.15) is 5.60 Å². The average Bonchev–Trinajstić information content (AvgIpc) is 2.43. The number of hydrogen-bond acceptors (Lipinski definition) is 4. The molecule has 0 saturated carbocycles. The average molecular weight is 229 g/mol. The number of aromatic nitrogens is 2. The largest absolute Gasteiger partial charge is 0.478 e. The maximum atomic E-state index is 5.83. The van der Waals surface area contributed by atoms with Crippen LogP contribution in [-0.4, -0.2) is 16.6 Å². The van der Waals surface area contributed by atoms with Gasteiger partial charge in [0.05, 0.1) is 24.5 Å². The van der Waals surface area contributed by atoms with E-state index in [1.807, 2.05) is 20.8 Å². The van der Waals surface area contributed by atoms with Crippen molar-refractivity contribution in [3.63, 3.8) is 0 Å². The molecule has 0 unspecified atom stereocenters.